The Bertz CT molecular complexity index is 285. The lowest BCUT2D eigenvalue weighted by molar-refractivity contribution is -0.140. The molecule has 1 aliphatic carbocycles. The van der Waals surface area contributed by atoms with E-state index in [0.717, 1.165) is 12.8 Å². The van der Waals surface area contributed by atoms with Crippen LogP contribution in [0.5, 0.6) is 0 Å². The zero-order chi connectivity index (χ0) is 10.8. The van der Waals surface area contributed by atoms with Gasteiger partial charge >= 0.3 is 0 Å². The van der Waals surface area contributed by atoms with E-state index in [2.05, 4.69) is 0 Å². The van der Waals surface area contributed by atoms with E-state index in [9.17, 15) is 9.59 Å². The molecule has 2 aliphatic rings. The minimum absolute atomic E-state index is 0.0697. The van der Waals surface area contributed by atoms with Gasteiger partial charge in [0.2, 0.25) is 0 Å². The molecule has 0 N–H and O–H groups in total. The van der Waals surface area contributed by atoms with Crippen LogP contribution in [0, 0.1) is 5.92 Å². The summed E-state index contributed by atoms with van der Waals surface area (Å²) in [6, 6.07) is 0.0697. The second-order valence-electron chi connectivity index (χ2n) is 4.52. The molecule has 1 heterocycles. The highest BCUT2D eigenvalue weighted by atomic mass is 16.2. The van der Waals surface area contributed by atoms with Gasteiger partial charge in [0.25, 0.3) is 11.8 Å². The first-order chi connectivity index (χ1) is 7.20. The van der Waals surface area contributed by atoms with Gasteiger partial charge in [-0.15, -0.1) is 0 Å². The number of hydrogen-bond donors (Lipinski definition) is 0. The van der Waals surface area contributed by atoms with E-state index in [1.54, 1.807) is 0 Å². The number of rotatable bonds is 2. The van der Waals surface area contributed by atoms with Crippen LogP contribution in [0.15, 0.2) is 12.2 Å². The van der Waals surface area contributed by atoms with Crippen molar-refractivity contribution < 1.29 is 9.59 Å². The Kier molecular flexibility index (Phi) is 2.89. The van der Waals surface area contributed by atoms with Crippen molar-refractivity contribution in [2.75, 3.05) is 0 Å². The van der Waals surface area contributed by atoms with E-state index >= 15 is 0 Å². The maximum absolute atomic E-state index is 11.5. The quantitative estimate of drug-likeness (QED) is 0.648. The Balaban J connectivity index is 2.03. The molecular weight excluding hydrogens is 190 g/mol. The van der Waals surface area contributed by atoms with Crippen molar-refractivity contribution in [3.05, 3.63) is 12.2 Å². The lowest BCUT2D eigenvalue weighted by Crippen LogP contribution is -2.43. The molecule has 0 radical (unpaired) electrons. The number of nitrogens with zero attached hydrogens (tertiary/aromatic N) is 1. The molecule has 2 amide bonds. The third-order valence-corrected chi connectivity index (χ3v) is 3.58. The van der Waals surface area contributed by atoms with Crippen LogP contribution in [-0.4, -0.2) is 22.8 Å². The second kappa shape index (κ2) is 4.17. The molecule has 15 heavy (non-hydrogen) atoms. The van der Waals surface area contributed by atoms with Gasteiger partial charge in [-0.05, 0) is 25.7 Å². The highest BCUT2D eigenvalue weighted by Gasteiger charge is 2.33. The molecule has 2 rings (SSSR count). The van der Waals surface area contributed by atoms with Gasteiger partial charge in [0.05, 0.1) is 0 Å². The molecule has 1 saturated carbocycles. The van der Waals surface area contributed by atoms with E-state index in [1.165, 1.54) is 36.3 Å². The van der Waals surface area contributed by atoms with Gasteiger partial charge in [-0.1, -0.05) is 19.3 Å². The van der Waals surface area contributed by atoms with Crippen molar-refractivity contribution in [2.45, 2.75) is 45.1 Å². The number of imide groups is 1. The van der Waals surface area contributed by atoms with Crippen LogP contribution in [0.25, 0.3) is 0 Å². The van der Waals surface area contributed by atoms with Crippen molar-refractivity contribution in [1.82, 2.24) is 4.90 Å². The first-order valence-corrected chi connectivity index (χ1v) is 5.75. The fraction of sp³-hybridized carbons (Fsp3) is 0.667. The van der Waals surface area contributed by atoms with E-state index in [0.29, 0.717) is 5.92 Å². The highest BCUT2D eigenvalue weighted by Crippen LogP contribution is 2.29. The molecule has 0 aromatic heterocycles. The Morgan fingerprint density at radius 2 is 1.67 bits per heavy atom. The third kappa shape index (κ3) is 1.96. The van der Waals surface area contributed by atoms with E-state index in [4.69, 9.17) is 0 Å². The second-order valence-corrected chi connectivity index (χ2v) is 4.52. The molecule has 1 aliphatic heterocycles. The number of carbonyl (C=O) groups is 2. The molecule has 3 nitrogen and oxygen atoms in total. The van der Waals surface area contributed by atoms with Crippen LogP contribution in [0.1, 0.15) is 39.0 Å². The van der Waals surface area contributed by atoms with Gasteiger partial charge in [0, 0.05) is 18.2 Å². The van der Waals surface area contributed by atoms with Gasteiger partial charge in [-0.2, -0.15) is 0 Å². The number of hydrogen-bond acceptors (Lipinski definition) is 2. The zero-order valence-electron chi connectivity index (χ0n) is 9.11. The summed E-state index contributed by atoms with van der Waals surface area (Å²) in [5, 5.41) is 0. The summed E-state index contributed by atoms with van der Waals surface area (Å²) in [6.45, 7) is 2.00. The molecule has 0 bridgehead atoms. The van der Waals surface area contributed by atoms with E-state index in [1.807, 2.05) is 6.92 Å². The highest BCUT2D eigenvalue weighted by molar-refractivity contribution is 6.13. The molecule has 0 saturated heterocycles. The first kappa shape index (κ1) is 10.4. The van der Waals surface area contributed by atoms with Crippen molar-refractivity contribution in [2.24, 2.45) is 5.92 Å². The first-order valence-electron chi connectivity index (χ1n) is 5.75. The molecule has 1 fully saturated rings. The molecule has 0 aromatic rings. The Morgan fingerprint density at radius 1 is 1.13 bits per heavy atom. The summed E-state index contributed by atoms with van der Waals surface area (Å²) < 4.78 is 0. The van der Waals surface area contributed by atoms with Crippen LogP contribution in [0.2, 0.25) is 0 Å². The van der Waals surface area contributed by atoms with Gasteiger partial charge < -0.3 is 0 Å². The largest absolute Gasteiger partial charge is 0.272 e. The molecule has 0 spiro atoms. The standard InChI is InChI=1S/C12H17NO2/c1-9(10-5-3-2-4-6-10)13-11(14)7-8-12(13)15/h7-10H,2-6H2,1H3/t9-/m0/s1. The minimum atomic E-state index is -0.141. The fourth-order valence-electron chi connectivity index (χ4n) is 2.64. The Morgan fingerprint density at radius 3 is 2.20 bits per heavy atom. The van der Waals surface area contributed by atoms with Crippen molar-refractivity contribution >= 4 is 11.8 Å². The summed E-state index contributed by atoms with van der Waals surface area (Å²) in [7, 11) is 0. The Hall–Kier alpha value is -1.12. The van der Waals surface area contributed by atoms with E-state index < -0.39 is 0 Å². The van der Waals surface area contributed by atoms with Crippen LogP contribution >= 0.6 is 0 Å². The van der Waals surface area contributed by atoms with Gasteiger partial charge in [-0.3, -0.25) is 14.5 Å². The molecule has 82 valence electrons. The average molecular weight is 207 g/mol. The summed E-state index contributed by atoms with van der Waals surface area (Å²) in [5.41, 5.74) is 0. The number of carbonyl (C=O) groups excluding carboxylic acids is 2. The van der Waals surface area contributed by atoms with Crippen LogP contribution < -0.4 is 0 Å². The molecular formula is C12H17NO2. The normalized spacial score (nSPS) is 25.0. The topological polar surface area (TPSA) is 37.4 Å². The molecule has 0 unspecified atom stereocenters. The predicted octanol–water partition coefficient (Wildman–Crippen LogP) is 1.88. The maximum atomic E-state index is 11.5. The maximum Gasteiger partial charge on any atom is 0.253 e. The molecule has 3 heteroatoms. The summed E-state index contributed by atoms with van der Waals surface area (Å²) in [4.78, 5) is 24.4. The monoisotopic (exact) mass is 207 g/mol. The SMILES string of the molecule is C[C@@H](C1CCCCC1)N1C(=O)C=CC1=O. The molecule has 0 aromatic carbocycles. The Labute approximate surface area is 90.1 Å². The van der Waals surface area contributed by atoms with E-state index in [-0.39, 0.29) is 17.9 Å². The smallest absolute Gasteiger partial charge is 0.253 e. The predicted molar refractivity (Wildman–Crippen MR) is 57.0 cm³/mol. The van der Waals surface area contributed by atoms with Gasteiger partial charge in [0.15, 0.2) is 0 Å². The lowest BCUT2D eigenvalue weighted by Gasteiger charge is -2.32. The summed E-state index contributed by atoms with van der Waals surface area (Å²) in [5.74, 6) is 0.225. The third-order valence-electron chi connectivity index (χ3n) is 3.58. The fourth-order valence-corrected chi connectivity index (χ4v) is 2.64. The van der Waals surface area contributed by atoms with Gasteiger partial charge in [0.1, 0.15) is 0 Å². The van der Waals surface area contributed by atoms with Crippen LogP contribution in [0.4, 0.5) is 0 Å². The number of amides is 2. The zero-order valence-corrected chi connectivity index (χ0v) is 9.11. The van der Waals surface area contributed by atoms with Crippen molar-refractivity contribution in [1.29, 1.82) is 0 Å². The lowest BCUT2D eigenvalue weighted by atomic mass is 9.84. The summed E-state index contributed by atoms with van der Waals surface area (Å²) >= 11 is 0. The van der Waals surface area contributed by atoms with Crippen LogP contribution in [-0.2, 0) is 9.59 Å². The molecule has 1 atom stereocenters. The minimum Gasteiger partial charge on any atom is -0.272 e. The summed E-state index contributed by atoms with van der Waals surface area (Å²) in [6.07, 6.45) is 8.82. The van der Waals surface area contributed by atoms with Crippen molar-refractivity contribution in [3.63, 3.8) is 0 Å². The average Bonchev–Trinajstić information content (AvgIpc) is 2.59. The van der Waals surface area contributed by atoms with Crippen LogP contribution in [0.3, 0.4) is 0 Å². The van der Waals surface area contributed by atoms with Crippen molar-refractivity contribution in [3.8, 4) is 0 Å². The van der Waals surface area contributed by atoms with Gasteiger partial charge in [-0.25, -0.2) is 0 Å².